The zero-order valence-corrected chi connectivity index (χ0v) is 16.2. The van der Waals surface area contributed by atoms with Crippen LogP contribution in [-0.2, 0) is 0 Å². The molecule has 2 aromatic heterocycles. The molecular weight excluding hydrogens is 463 g/mol. The summed E-state index contributed by atoms with van der Waals surface area (Å²) >= 11 is 7.63. The van der Waals surface area contributed by atoms with Gasteiger partial charge in [0, 0.05) is 39.2 Å². The van der Waals surface area contributed by atoms with Crippen molar-refractivity contribution in [2.75, 3.05) is 0 Å². The van der Waals surface area contributed by atoms with E-state index in [1.54, 1.807) is 16.7 Å². The van der Waals surface area contributed by atoms with Gasteiger partial charge >= 0.3 is 0 Å². The maximum Gasteiger partial charge on any atom is 0.270 e. The number of nitrogens with one attached hydrogen (secondary N) is 1. The fraction of sp³-hybridized carbons (Fsp3) is 0. The summed E-state index contributed by atoms with van der Waals surface area (Å²) in [5, 5.41) is 11.1. The molecule has 0 bridgehead atoms. The number of imidazole rings is 1. The standard InChI is InChI=1S/C18H11IN4O2S/c19-15-7-2-1-6-13(15)16-10-22-17(21-16)14(9-20-18(22)26)11-4-3-5-12(8-11)23(24)25/h1-10,21H. The molecule has 6 nitrogen and oxygen atoms in total. The van der Waals surface area contributed by atoms with E-state index in [0.717, 1.165) is 26.0 Å². The molecule has 0 aliphatic rings. The summed E-state index contributed by atoms with van der Waals surface area (Å²) in [4.78, 5) is 18.3. The highest BCUT2D eigenvalue weighted by atomic mass is 127. The van der Waals surface area contributed by atoms with E-state index in [1.807, 2.05) is 36.5 Å². The molecule has 0 aliphatic heterocycles. The largest absolute Gasteiger partial charge is 0.339 e. The Morgan fingerprint density at radius 1 is 1.15 bits per heavy atom. The quantitative estimate of drug-likeness (QED) is 0.191. The first-order valence-electron chi connectivity index (χ1n) is 7.65. The third-order valence-corrected chi connectivity index (χ3v) is 5.29. The van der Waals surface area contributed by atoms with E-state index in [4.69, 9.17) is 12.2 Å². The number of nitrogens with zero attached hydrogens (tertiary/aromatic N) is 3. The van der Waals surface area contributed by atoms with Crippen molar-refractivity contribution in [2.45, 2.75) is 0 Å². The topological polar surface area (TPSA) is 76.2 Å². The van der Waals surface area contributed by atoms with Crippen LogP contribution in [0.5, 0.6) is 0 Å². The fourth-order valence-corrected chi connectivity index (χ4v) is 3.69. The lowest BCUT2D eigenvalue weighted by Gasteiger charge is -2.04. The summed E-state index contributed by atoms with van der Waals surface area (Å²) in [7, 11) is 0. The minimum absolute atomic E-state index is 0.0347. The summed E-state index contributed by atoms with van der Waals surface area (Å²) in [6.45, 7) is 0. The molecule has 0 amide bonds. The molecule has 2 heterocycles. The molecule has 0 saturated heterocycles. The Kier molecular flexibility index (Phi) is 4.29. The average molecular weight is 474 g/mol. The predicted octanol–water partition coefficient (Wildman–Crippen LogP) is 5.24. The van der Waals surface area contributed by atoms with Gasteiger partial charge in [-0.25, -0.2) is 4.98 Å². The van der Waals surface area contributed by atoms with Crippen molar-refractivity contribution in [2.24, 2.45) is 0 Å². The highest BCUT2D eigenvalue weighted by Crippen LogP contribution is 2.30. The second kappa shape index (κ2) is 6.61. The summed E-state index contributed by atoms with van der Waals surface area (Å²) < 4.78 is 3.32. The molecule has 128 valence electrons. The monoisotopic (exact) mass is 474 g/mol. The molecule has 2 aromatic carbocycles. The number of aromatic nitrogens is 3. The van der Waals surface area contributed by atoms with Gasteiger partial charge < -0.3 is 4.98 Å². The van der Waals surface area contributed by atoms with Gasteiger partial charge in [0.1, 0.15) is 5.65 Å². The maximum atomic E-state index is 11.1. The summed E-state index contributed by atoms with van der Waals surface area (Å²) in [5.74, 6) is 0. The van der Waals surface area contributed by atoms with Crippen LogP contribution in [0.2, 0.25) is 0 Å². The number of H-pyrrole nitrogens is 1. The van der Waals surface area contributed by atoms with Gasteiger partial charge in [0.05, 0.1) is 10.6 Å². The van der Waals surface area contributed by atoms with Crippen molar-refractivity contribution < 1.29 is 4.92 Å². The molecule has 4 aromatic rings. The Morgan fingerprint density at radius 3 is 2.73 bits per heavy atom. The van der Waals surface area contributed by atoms with Gasteiger partial charge in [-0.1, -0.05) is 30.3 Å². The fourth-order valence-electron chi connectivity index (χ4n) is 2.82. The van der Waals surface area contributed by atoms with E-state index in [1.165, 1.54) is 12.1 Å². The SMILES string of the molecule is O=[N+]([O-])c1cccc(-c2cnc(=S)n3cc(-c4ccccc4I)[nH]c23)c1. The minimum Gasteiger partial charge on any atom is -0.339 e. The normalized spacial score (nSPS) is 11.0. The first-order valence-corrected chi connectivity index (χ1v) is 9.13. The summed E-state index contributed by atoms with van der Waals surface area (Å²) in [5.41, 5.74) is 4.19. The zero-order valence-electron chi connectivity index (χ0n) is 13.2. The Balaban J connectivity index is 1.96. The van der Waals surface area contributed by atoms with Crippen LogP contribution in [0.1, 0.15) is 0 Å². The van der Waals surface area contributed by atoms with Crippen LogP contribution in [0.25, 0.3) is 28.0 Å². The Bertz CT molecular complexity index is 1220. The van der Waals surface area contributed by atoms with E-state index < -0.39 is 4.92 Å². The van der Waals surface area contributed by atoms with Gasteiger partial charge in [-0.3, -0.25) is 14.5 Å². The van der Waals surface area contributed by atoms with Gasteiger partial charge in [-0.2, -0.15) is 0 Å². The van der Waals surface area contributed by atoms with Gasteiger partial charge in [-0.05, 0) is 46.4 Å². The average Bonchev–Trinajstić information content (AvgIpc) is 3.08. The molecule has 8 heteroatoms. The van der Waals surface area contributed by atoms with Gasteiger partial charge in [-0.15, -0.1) is 0 Å². The lowest BCUT2D eigenvalue weighted by atomic mass is 10.1. The Labute approximate surface area is 166 Å². The van der Waals surface area contributed by atoms with Crippen molar-refractivity contribution in [3.05, 3.63) is 79.4 Å². The number of rotatable bonds is 3. The molecule has 0 saturated carbocycles. The van der Waals surface area contributed by atoms with Crippen LogP contribution in [0.15, 0.2) is 60.9 Å². The number of benzene rings is 2. The van der Waals surface area contributed by atoms with Crippen LogP contribution in [0.3, 0.4) is 0 Å². The van der Waals surface area contributed by atoms with E-state index in [-0.39, 0.29) is 5.69 Å². The van der Waals surface area contributed by atoms with Crippen LogP contribution in [-0.4, -0.2) is 19.3 Å². The second-order valence-corrected chi connectivity index (χ2v) is 7.16. The molecule has 0 fully saturated rings. The Hall–Kier alpha value is -2.59. The highest BCUT2D eigenvalue weighted by molar-refractivity contribution is 14.1. The number of nitro benzene ring substituents is 1. The molecule has 0 spiro atoms. The second-order valence-electron chi connectivity index (χ2n) is 5.63. The van der Waals surface area contributed by atoms with Crippen molar-refractivity contribution in [3.63, 3.8) is 0 Å². The van der Waals surface area contributed by atoms with Gasteiger partial charge in [0.25, 0.3) is 5.69 Å². The number of hydrogen-bond acceptors (Lipinski definition) is 4. The van der Waals surface area contributed by atoms with Crippen LogP contribution in [0, 0.1) is 18.5 Å². The third kappa shape index (κ3) is 2.90. The minimum atomic E-state index is -0.408. The van der Waals surface area contributed by atoms with Crippen molar-refractivity contribution in [3.8, 4) is 22.4 Å². The Morgan fingerprint density at radius 2 is 1.96 bits per heavy atom. The van der Waals surface area contributed by atoms with Crippen LogP contribution >= 0.6 is 34.8 Å². The number of halogens is 1. The first kappa shape index (κ1) is 16.9. The van der Waals surface area contributed by atoms with Gasteiger partial charge in [0.15, 0.2) is 0 Å². The molecule has 26 heavy (non-hydrogen) atoms. The van der Waals surface area contributed by atoms with E-state index in [2.05, 4.69) is 32.6 Å². The van der Waals surface area contributed by atoms with Gasteiger partial charge in [0.2, 0.25) is 4.77 Å². The first-order chi connectivity index (χ1) is 12.5. The smallest absolute Gasteiger partial charge is 0.270 e. The lowest BCUT2D eigenvalue weighted by Crippen LogP contribution is -1.94. The predicted molar refractivity (Wildman–Crippen MR) is 111 cm³/mol. The van der Waals surface area contributed by atoms with Crippen molar-refractivity contribution in [1.29, 1.82) is 0 Å². The molecule has 0 aliphatic carbocycles. The number of aromatic amines is 1. The van der Waals surface area contributed by atoms with E-state index in [9.17, 15) is 10.1 Å². The van der Waals surface area contributed by atoms with Crippen molar-refractivity contribution >= 4 is 46.1 Å². The highest BCUT2D eigenvalue weighted by Gasteiger charge is 2.14. The number of hydrogen-bond donors (Lipinski definition) is 1. The molecule has 0 atom stereocenters. The van der Waals surface area contributed by atoms with E-state index in [0.29, 0.717) is 10.3 Å². The molecule has 1 N–H and O–H groups in total. The summed E-state index contributed by atoms with van der Waals surface area (Å²) in [6, 6.07) is 14.5. The van der Waals surface area contributed by atoms with Crippen LogP contribution in [0.4, 0.5) is 5.69 Å². The lowest BCUT2D eigenvalue weighted by molar-refractivity contribution is -0.384. The maximum absolute atomic E-state index is 11.1. The van der Waals surface area contributed by atoms with E-state index >= 15 is 0 Å². The molecular formula is C18H11IN4O2S. The van der Waals surface area contributed by atoms with Crippen molar-refractivity contribution in [1.82, 2.24) is 14.4 Å². The number of non-ortho nitro benzene ring substituents is 1. The number of nitro groups is 1. The zero-order chi connectivity index (χ0) is 18.3. The van der Waals surface area contributed by atoms with Crippen LogP contribution < -0.4 is 0 Å². The number of fused-ring (bicyclic) bond motifs is 1. The molecule has 0 radical (unpaired) electrons. The third-order valence-electron chi connectivity index (χ3n) is 4.05. The molecule has 0 unspecified atom stereocenters. The summed E-state index contributed by atoms with van der Waals surface area (Å²) in [6.07, 6.45) is 3.55. The molecule has 4 rings (SSSR count).